The third-order valence-electron chi connectivity index (χ3n) is 3.13. The van der Waals surface area contributed by atoms with Crippen molar-refractivity contribution in [2.75, 3.05) is 0 Å². The number of benzene rings is 1. The summed E-state index contributed by atoms with van der Waals surface area (Å²) in [5.41, 5.74) is 5.78. The summed E-state index contributed by atoms with van der Waals surface area (Å²) in [7, 11) is 0. The summed E-state index contributed by atoms with van der Waals surface area (Å²) >= 11 is 5.20. The van der Waals surface area contributed by atoms with Gasteiger partial charge in [-0.3, -0.25) is 21.2 Å². The Kier molecular flexibility index (Phi) is 4.07. The van der Waals surface area contributed by atoms with Crippen LogP contribution in [0.15, 0.2) is 46.5 Å². The Morgan fingerprint density at radius 3 is 2.65 bits per heavy atom. The average molecular weight is 349 g/mol. The fourth-order valence-electron chi connectivity index (χ4n) is 2.13. The zero-order valence-corrected chi connectivity index (χ0v) is 13.0. The molecule has 0 aliphatic rings. The van der Waals surface area contributed by atoms with Crippen LogP contribution in [0.4, 0.5) is 0 Å². The first kappa shape index (κ1) is 13.6. The quantitative estimate of drug-likeness (QED) is 0.561. The van der Waals surface area contributed by atoms with E-state index in [4.69, 9.17) is 5.84 Å². The van der Waals surface area contributed by atoms with Crippen LogP contribution >= 0.6 is 27.3 Å². The molecule has 0 saturated carbocycles. The minimum atomic E-state index is 0.0620. The topological polar surface area (TPSA) is 63.8 Å². The Morgan fingerprint density at radius 1 is 1.15 bits per heavy atom. The van der Waals surface area contributed by atoms with Gasteiger partial charge in [-0.2, -0.15) is 0 Å². The van der Waals surface area contributed by atoms with Gasteiger partial charge in [0.25, 0.3) is 0 Å². The Labute approximate surface area is 129 Å². The van der Waals surface area contributed by atoms with E-state index in [9.17, 15) is 0 Å². The van der Waals surface area contributed by atoms with Gasteiger partial charge in [-0.1, -0.05) is 6.07 Å². The number of hydrogen-bond acceptors (Lipinski definition) is 5. The number of aromatic nitrogens is 2. The van der Waals surface area contributed by atoms with Crippen molar-refractivity contribution in [2.45, 2.75) is 12.5 Å². The van der Waals surface area contributed by atoms with Crippen LogP contribution < -0.4 is 11.3 Å². The molecule has 6 heteroatoms. The van der Waals surface area contributed by atoms with Crippen LogP contribution in [0, 0.1) is 0 Å². The van der Waals surface area contributed by atoms with Crippen LogP contribution in [0.25, 0.3) is 11.0 Å². The van der Waals surface area contributed by atoms with Gasteiger partial charge < -0.3 is 0 Å². The van der Waals surface area contributed by atoms with Crippen molar-refractivity contribution in [1.29, 1.82) is 0 Å². The summed E-state index contributed by atoms with van der Waals surface area (Å²) in [6, 6.07) is 10.3. The van der Waals surface area contributed by atoms with E-state index in [1.54, 1.807) is 23.7 Å². The summed E-state index contributed by atoms with van der Waals surface area (Å²) in [6.07, 6.45) is 4.25. The average Bonchev–Trinajstić information content (AvgIpc) is 2.89. The lowest BCUT2D eigenvalue weighted by Crippen LogP contribution is -2.29. The highest BCUT2D eigenvalue weighted by molar-refractivity contribution is 9.11. The van der Waals surface area contributed by atoms with Crippen molar-refractivity contribution in [2.24, 2.45) is 5.84 Å². The second-order valence-corrected chi connectivity index (χ2v) is 6.98. The Hall–Kier alpha value is -1.34. The lowest BCUT2D eigenvalue weighted by molar-refractivity contribution is 0.556. The van der Waals surface area contributed by atoms with E-state index in [1.807, 2.05) is 18.2 Å². The predicted molar refractivity (Wildman–Crippen MR) is 85.3 cm³/mol. The van der Waals surface area contributed by atoms with Crippen molar-refractivity contribution in [3.63, 3.8) is 0 Å². The van der Waals surface area contributed by atoms with Gasteiger partial charge in [0.1, 0.15) is 0 Å². The maximum absolute atomic E-state index is 5.71. The second-order valence-electron chi connectivity index (χ2n) is 4.43. The lowest BCUT2D eigenvalue weighted by Gasteiger charge is -2.15. The number of halogens is 1. The van der Waals surface area contributed by atoms with Crippen LogP contribution in [0.5, 0.6) is 0 Å². The molecule has 1 unspecified atom stereocenters. The summed E-state index contributed by atoms with van der Waals surface area (Å²) in [4.78, 5) is 9.89. The minimum Gasteiger partial charge on any atom is -0.271 e. The van der Waals surface area contributed by atoms with Crippen molar-refractivity contribution >= 4 is 38.3 Å². The molecule has 1 atom stereocenters. The molecule has 3 rings (SSSR count). The van der Waals surface area contributed by atoms with Gasteiger partial charge in [-0.15, -0.1) is 11.3 Å². The van der Waals surface area contributed by atoms with E-state index in [1.165, 1.54) is 4.88 Å². The first-order chi connectivity index (χ1) is 9.76. The molecule has 3 N–H and O–H groups in total. The molecule has 2 aromatic heterocycles. The standard InChI is InChI=1S/C14H13BrN4S/c15-14-4-2-10(20-14)8-12(19-16)9-1-3-11-13(7-9)18-6-5-17-11/h1-7,12,19H,8,16H2. The third kappa shape index (κ3) is 2.88. The van der Waals surface area contributed by atoms with E-state index in [2.05, 4.69) is 43.5 Å². The predicted octanol–water partition coefficient (Wildman–Crippen LogP) is 3.20. The molecule has 0 amide bonds. The number of hydrogen-bond donors (Lipinski definition) is 2. The maximum Gasteiger partial charge on any atom is 0.0890 e. The fourth-order valence-corrected chi connectivity index (χ4v) is 3.66. The van der Waals surface area contributed by atoms with E-state index >= 15 is 0 Å². The number of hydrazine groups is 1. The minimum absolute atomic E-state index is 0.0620. The molecule has 0 fully saturated rings. The summed E-state index contributed by atoms with van der Waals surface area (Å²) < 4.78 is 1.13. The van der Waals surface area contributed by atoms with Gasteiger partial charge >= 0.3 is 0 Å². The largest absolute Gasteiger partial charge is 0.271 e. The number of nitrogens with two attached hydrogens (primary N) is 1. The van der Waals surface area contributed by atoms with Crippen molar-refractivity contribution in [1.82, 2.24) is 15.4 Å². The summed E-state index contributed by atoms with van der Waals surface area (Å²) in [6.45, 7) is 0. The van der Waals surface area contributed by atoms with Crippen molar-refractivity contribution < 1.29 is 0 Å². The van der Waals surface area contributed by atoms with Gasteiger partial charge in [0, 0.05) is 23.7 Å². The highest BCUT2D eigenvalue weighted by atomic mass is 79.9. The van der Waals surface area contributed by atoms with Crippen LogP contribution in [-0.4, -0.2) is 9.97 Å². The highest BCUT2D eigenvalue weighted by Crippen LogP contribution is 2.27. The summed E-state index contributed by atoms with van der Waals surface area (Å²) in [5, 5.41) is 0. The normalized spacial score (nSPS) is 12.7. The Bertz CT molecular complexity index is 728. The first-order valence-electron chi connectivity index (χ1n) is 6.17. The SMILES string of the molecule is NNC(Cc1ccc(Br)s1)c1ccc2nccnc2c1. The molecule has 3 aromatic rings. The van der Waals surface area contributed by atoms with E-state index in [0.29, 0.717) is 0 Å². The van der Waals surface area contributed by atoms with Gasteiger partial charge in [0.2, 0.25) is 0 Å². The van der Waals surface area contributed by atoms with Gasteiger partial charge in [-0.05, 0) is 45.8 Å². The third-order valence-corrected chi connectivity index (χ3v) is 4.78. The molecular formula is C14H13BrN4S. The Morgan fingerprint density at radius 2 is 1.95 bits per heavy atom. The molecule has 0 saturated heterocycles. The lowest BCUT2D eigenvalue weighted by atomic mass is 10.0. The fraction of sp³-hybridized carbons (Fsp3) is 0.143. The molecule has 102 valence electrons. The zero-order chi connectivity index (χ0) is 13.9. The molecule has 0 aliphatic heterocycles. The van der Waals surface area contributed by atoms with Crippen LogP contribution in [-0.2, 0) is 6.42 Å². The molecule has 0 spiro atoms. The maximum atomic E-state index is 5.71. The monoisotopic (exact) mass is 348 g/mol. The molecular weight excluding hydrogens is 336 g/mol. The molecule has 0 radical (unpaired) electrons. The smallest absolute Gasteiger partial charge is 0.0890 e. The molecule has 4 nitrogen and oxygen atoms in total. The van der Waals surface area contributed by atoms with Crippen molar-refractivity contribution in [3.05, 3.63) is 57.0 Å². The molecule has 2 heterocycles. The number of nitrogens with zero attached hydrogens (tertiary/aromatic N) is 2. The van der Waals surface area contributed by atoms with Gasteiger partial charge in [-0.25, -0.2) is 0 Å². The number of thiophene rings is 1. The highest BCUT2D eigenvalue weighted by Gasteiger charge is 2.13. The van der Waals surface area contributed by atoms with Crippen molar-refractivity contribution in [3.8, 4) is 0 Å². The van der Waals surface area contributed by atoms with Gasteiger partial charge in [0.05, 0.1) is 20.9 Å². The number of nitrogens with one attached hydrogen (secondary N) is 1. The Balaban J connectivity index is 1.90. The molecule has 1 aromatic carbocycles. The van der Waals surface area contributed by atoms with E-state index < -0.39 is 0 Å². The number of fused-ring (bicyclic) bond motifs is 1. The van der Waals surface area contributed by atoms with Gasteiger partial charge in [0.15, 0.2) is 0 Å². The van der Waals surface area contributed by atoms with Crippen LogP contribution in [0.1, 0.15) is 16.5 Å². The van der Waals surface area contributed by atoms with Crippen LogP contribution in [0.2, 0.25) is 0 Å². The van der Waals surface area contributed by atoms with Crippen LogP contribution in [0.3, 0.4) is 0 Å². The first-order valence-corrected chi connectivity index (χ1v) is 7.78. The van der Waals surface area contributed by atoms with E-state index in [0.717, 1.165) is 26.8 Å². The summed E-state index contributed by atoms with van der Waals surface area (Å²) in [5.74, 6) is 5.71. The second kappa shape index (κ2) is 5.97. The molecule has 0 aliphatic carbocycles. The molecule has 20 heavy (non-hydrogen) atoms. The van der Waals surface area contributed by atoms with E-state index in [-0.39, 0.29) is 6.04 Å². The number of rotatable bonds is 4. The zero-order valence-electron chi connectivity index (χ0n) is 10.6. The molecule has 0 bridgehead atoms.